The molecule has 0 atom stereocenters. The van der Waals surface area contributed by atoms with Crippen LogP contribution in [0.2, 0.25) is 0 Å². The molecule has 0 unspecified atom stereocenters. The van der Waals surface area contributed by atoms with Gasteiger partial charge in [0.25, 0.3) is 0 Å². The first-order chi connectivity index (χ1) is 15.8. The minimum atomic E-state index is 1.11. The Kier molecular flexibility index (Phi) is 7.55. The summed E-state index contributed by atoms with van der Waals surface area (Å²) < 4.78 is 0. The fourth-order valence-electron chi connectivity index (χ4n) is 3.58. The topological polar surface area (TPSA) is 0 Å². The molecule has 1 aliphatic rings. The van der Waals surface area contributed by atoms with Gasteiger partial charge in [0.1, 0.15) is 0 Å². The number of hydrogen-bond acceptors (Lipinski definition) is 4. The van der Waals surface area contributed by atoms with Crippen LogP contribution >= 0.6 is 47.0 Å². The standard InChI is InChI=1S/C28H24S4/c1-3-7-21(8-4-1)15-17-29-23-11-13-25-27(19-23)31-26-14-12-24(20-28(26)32-25)30-18-16-22-9-5-2-6-10-22/h1-14,19-20H,15-18H2. The van der Waals surface area contributed by atoms with Crippen LogP contribution in [0.15, 0.2) is 126 Å². The molecule has 0 aromatic heterocycles. The Morgan fingerprint density at radius 2 is 0.906 bits per heavy atom. The lowest BCUT2D eigenvalue weighted by atomic mass is 10.2. The summed E-state index contributed by atoms with van der Waals surface area (Å²) in [6, 6.07) is 35.4. The molecule has 0 N–H and O–H groups in total. The molecule has 0 saturated carbocycles. The fraction of sp³-hybridized carbons (Fsp3) is 0.143. The van der Waals surface area contributed by atoms with Gasteiger partial charge in [-0.2, -0.15) is 0 Å². The van der Waals surface area contributed by atoms with Gasteiger partial charge in [-0.1, -0.05) is 84.2 Å². The molecule has 0 fully saturated rings. The van der Waals surface area contributed by atoms with Gasteiger partial charge < -0.3 is 0 Å². The summed E-state index contributed by atoms with van der Waals surface area (Å²) in [4.78, 5) is 8.25. The SMILES string of the molecule is c1ccc(CCSc2ccc3c(c2)Sc2ccc(SCCc4ccccc4)cc2S3)cc1. The summed E-state index contributed by atoms with van der Waals surface area (Å²) in [5.41, 5.74) is 2.82. The van der Waals surface area contributed by atoms with E-state index in [1.165, 1.54) is 40.5 Å². The van der Waals surface area contributed by atoms with Crippen molar-refractivity contribution in [3.8, 4) is 0 Å². The van der Waals surface area contributed by atoms with Crippen LogP contribution in [0.1, 0.15) is 11.1 Å². The predicted molar refractivity (Wildman–Crippen MR) is 143 cm³/mol. The minimum Gasteiger partial charge on any atom is -0.126 e. The molecule has 4 heteroatoms. The summed E-state index contributed by atoms with van der Waals surface area (Å²) in [5.74, 6) is 2.22. The quantitative estimate of drug-likeness (QED) is 0.200. The lowest BCUT2D eigenvalue weighted by Gasteiger charge is -2.19. The molecule has 0 aliphatic carbocycles. The first-order valence-corrected chi connectivity index (χ1v) is 14.4. The van der Waals surface area contributed by atoms with Crippen LogP contribution in [0, 0.1) is 0 Å². The first kappa shape index (κ1) is 22.1. The van der Waals surface area contributed by atoms with Crippen molar-refractivity contribution in [2.45, 2.75) is 42.2 Å². The molecule has 4 aromatic carbocycles. The van der Waals surface area contributed by atoms with Gasteiger partial charge in [0.2, 0.25) is 0 Å². The molecule has 4 aromatic rings. The zero-order chi connectivity index (χ0) is 21.6. The lowest BCUT2D eigenvalue weighted by Crippen LogP contribution is -1.92. The highest BCUT2D eigenvalue weighted by Gasteiger charge is 2.18. The second-order valence-corrected chi connectivity index (χ2v) is 12.1. The molecule has 1 aliphatic heterocycles. The van der Waals surface area contributed by atoms with Crippen LogP contribution in [0.5, 0.6) is 0 Å². The third-order valence-corrected chi connectivity index (χ3v) is 9.79. The Hall–Kier alpha value is -1.72. The number of hydrogen-bond donors (Lipinski definition) is 0. The highest BCUT2D eigenvalue weighted by molar-refractivity contribution is 8.05. The monoisotopic (exact) mass is 488 g/mol. The molecule has 0 nitrogen and oxygen atoms in total. The summed E-state index contributed by atoms with van der Waals surface area (Å²) in [5, 5.41) is 0. The van der Waals surface area contributed by atoms with E-state index >= 15 is 0 Å². The molecule has 1 heterocycles. The highest BCUT2D eigenvalue weighted by atomic mass is 32.2. The van der Waals surface area contributed by atoms with Crippen molar-refractivity contribution in [1.29, 1.82) is 0 Å². The Labute approximate surface area is 208 Å². The van der Waals surface area contributed by atoms with Crippen molar-refractivity contribution in [2.75, 3.05) is 11.5 Å². The van der Waals surface area contributed by atoms with E-state index in [0.717, 1.165) is 24.3 Å². The third-order valence-electron chi connectivity index (χ3n) is 5.27. The average Bonchev–Trinajstić information content (AvgIpc) is 2.84. The molecule has 0 spiro atoms. The van der Waals surface area contributed by atoms with Crippen LogP contribution in [-0.2, 0) is 12.8 Å². The maximum Gasteiger partial charge on any atom is 0.0273 e. The number of fused-ring (bicyclic) bond motifs is 2. The summed E-state index contributed by atoms with van der Waals surface area (Å²) in [6.45, 7) is 0. The third kappa shape index (κ3) is 5.79. The van der Waals surface area contributed by atoms with Crippen LogP contribution in [0.3, 0.4) is 0 Å². The molecule has 0 amide bonds. The van der Waals surface area contributed by atoms with Gasteiger partial charge in [-0.15, -0.1) is 23.5 Å². The molecule has 0 bridgehead atoms. The van der Waals surface area contributed by atoms with Crippen molar-refractivity contribution in [3.05, 3.63) is 108 Å². The number of aryl methyl sites for hydroxylation is 2. The molecule has 5 rings (SSSR count). The molecular formula is C28H24S4. The Balaban J connectivity index is 1.18. The number of rotatable bonds is 8. The van der Waals surface area contributed by atoms with Gasteiger partial charge in [-0.05, 0) is 60.4 Å². The van der Waals surface area contributed by atoms with Crippen molar-refractivity contribution in [1.82, 2.24) is 0 Å². The second kappa shape index (κ2) is 10.9. The van der Waals surface area contributed by atoms with Crippen molar-refractivity contribution in [2.24, 2.45) is 0 Å². The van der Waals surface area contributed by atoms with Crippen molar-refractivity contribution in [3.63, 3.8) is 0 Å². The minimum absolute atomic E-state index is 1.11. The van der Waals surface area contributed by atoms with Gasteiger partial charge in [-0.3, -0.25) is 0 Å². The average molecular weight is 489 g/mol. The van der Waals surface area contributed by atoms with Gasteiger partial charge in [-0.25, -0.2) is 0 Å². The van der Waals surface area contributed by atoms with Gasteiger partial charge in [0.15, 0.2) is 0 Å². The molecule has 32 heavy (non-hydrogen) atoms. The van der Waals surface area contributed by atoms with E-state index in [4.69, 9.17) is 0 Å². The first-order valence-electron chi connectivity index (χ1n) is 10.8. The van der Waals surface area contributed by atoms with E-state index in [9.17, 15) is 0 Å². The van der Waals surface area contributed by atoms with Gasteiger partial charge in [0.05, 0.1) is 0 Å². The summed E-state index contributed by atoms with van der Waals surface area (Å²) >= 11 is 7.73. The van der Waals surface area contributed by atoms with E-state index in [-0.39, 0.29) is 0 Å². The Bertz CT molecular complexity index is 1080. The van der Waals surface area contributed by atoms with Gasteiger partial charge in [0, 0.05) is 40.9 Å². The van der Waals surface area contributed by atoms with Crippen LogP contribution in [-0.4, -0.2) is 11.5 Å². The largest absolute Gasteiger partial charge is 0.126 e. The summed E-state index contributed by atoms with van der Waals surface area (Å²) in [7, 11) is 0. The number of benzene rings is 4. The zero-order valence-electron chi connectivity index (χ0n) is 17.7. The van der Waals surface area contributed by atoms with E-state index < -0.39 is 0 Å². The maximum absolute atomic E-state index is 2.37. The van der Waals surface area contributed by atoms with E-state index in [2.05, 4.69) is 97.1 Å². The Morgan fingerprint density at radius 3 is 1.34 bits per heavy atom. The maximum atomic E-state index is 2.37. The normalized spacial score (nSPS) is 12.2. The fourth-order valence-corrected chi connectivity index (χ4v) is 7.89. The van der Waals surface area contributed by atoms with E-state index in [1.54, 1.807) is 0 Å². The molecule has 0 radical (unpaired) electrons. The lowest BCUT2D eigenvalue weighted by molar-refractivity contribution is 1.10. The second-order valence-electron chi connectivity index (χ2n) is 7.59. The van der Waals surface area contributed by atoms with Crippen LogP contribution in [0.25, 0.3) is 0 Å². The van der Waals surface area contributed by atoms with Crippen molar-refractivity contribution < 1.29 is 0 Å². The van der Waals surface area contributed by atoms with E-state index in [0.29, 0.717) is 0 Å². The van der Waals surface area contributed by atoms with E-state index in [1.807, 2.05) is 47.0 Å². The highest BCUT2D eigenvalue weighted by Crippen LogP contribution is 2.50. The molecule has 0 saturated heterocycles. The van der Waals surface area contributed by atoms with Crippen molar-refractivity contribution >= 4 is 47.0 Å². The molecule has 160 valence electrons. The zero-order valence-corrected chi connectivity index (χ0v) is 21.0. The molecular weight excluding hydrogens is 465 g/mol. The summed E-state index contributed by atoms with van der Waals surface area (Å²) in [6.07, 6.45) is 2.22. The van der Waals surface area contributed by atoms with Gasteiger partial charge >= 0.3 is 0 Å². The Morgan fingerprint density at radius 1 is 0.469 bits per heavy atom. The smallest absolute Gasteiger partial charge is 0.0273 e. The number of thioether (sulfide) groups is 2. The van der Waals surface area contributed by atoms with Crippen LogP contribution in [0.4, 0.5) is 0 Å². The van der Waals surface area contributed by atoms with Crippen LogP contribution < -0.4 is 0 Å². The predicted octanol–water partition coefficient (Wildman–Crippen LogP) is 8.97.